The van der Waals surface area contributed by atoms with Crippen molar-refractivity contribution < 1.29 is 0 Å². The second kappa shape index (κ2) is 5.60. The van der Waals surface area contributed by atoms with Gasteiger partial charge in [0.25, 0.3) is 0 Å². The van der Waals surface area contributed by atoms with Crippen molar-refractivity contribution in [3.8, 4) is 33.5 Å². The Kier molecular flexibility index (Phi) is 3.14. The fourth-order valence-electron chi connectivity index (χ4n) is 2.57. The Balaban J connectivity index is 1.56. The highest BCUT2D eigenvalue weighted by atomic mass is 32.1. The van der Waals surface area contributed by atoms with Gasteiger partial charge in [-0.2, -0.15) is 14.7 Å². The van der Waals surface area contributed by atoms with E-state index in [1.165, 1.54) is 11.3 Å². The molecule has 120 valence electrons. The highest BCUT2D eigenvalue weighted by molar-refractivity contribution is 7.19. The molecule has 0 saturated carbocycles. The molecule has 0 radical (unpaired) electrons. The Labute approximate surface area is 146 Å². The fraction of sp³-hybridized carbons (Fsp3) is 0. The monoisotopic (exact) mass is 345 g/mol. The van der Waals surface area contributed by atoms with Crippen molar-refractivity contribution in [1.29, 1.82) is 0 Å². The molecule has 4 heterocycles. The van der Waals surface area contributed by atoms with E-state index in [9.17, 15) is 0 Å². The first-order valence-electron chi connectivity index (χ1n) is 7.63. The molecule has 4 aromatic heterocycles. The van der Waals surface area contributed by atoms with Crippen LogP contribution in [0.25, 0.3) is 38.4 Å². The third-order valence-corrected chi connectivity index (χ3v) is 4.69. The van der Waals surface area contributed by atoms with Crippen molar-refractivity contribution in [2.45, 2.75) is 0 Å². The molecule has 0 aliphatic heterocycles. The lowest BCUT2D eigenvalue weighted by atomic mass is 10.1. The first-order chi connectivity index (χ1) is 12.4. The molecule has 5 rings (SSSR count). The summed E-state index contributed by atoms with van der Waals surface area (Å²) in [7, 11) is 0. The maximum Gasteiger partial charge on any atom is 0.235 e. The van der Waals surface area contributed by atoms with Gasteiger partial charge in [0.15, 0.2) is 5.01 Å². The summed E-state index contributed by atoms with van der Waals surface area (Å²) >= 11 is 1.45. The highest BCUT2D eigenvalue weighted by Crippen LogP contribution is 2.28. The first kappa shape index (κ1) is 14.0. The highest BCUT2D eigenvalue weighted by Gasteiger charge is 2.16. The summed E-state index contributed by atoms with van der Waals surface area (Å²) in [6, 6.07) is 17.7. The van der Waals surface area contributed by atoms with Gasteiger partial charge in [-0.15, -0.1) is 10.2 Å². The van der Waals surface area contributed by atoms with Crippen LogP contribution in [0.5, 0.6) is 0 Å². The van der Waals surface area contributed by atoms with Gasteiger partial charge in [-0.05, 0) is 18.2 Å². The summed E-state index contributed by atoms with van der Waals surface area (Å²) in [5.74, 6) is 0.626. The zero-order chi connectivity index (χ0) is 16.6. The second-order valence-corrected chi connectivity index (χ2v) is 6.33. The average Bonchev–Trinajstić information content (AvgIpc) is 3.38. The van der Waals surface area contributed by atoms with Gasteiger partial charge in [0.2, 0.25) is 10.8 Å². The molecule has 0 fully saturated rings. The van der Waals surface area contributed by atoms with Crippen LogP contribution in [0.2, 0.25) is 0 Å². The van der Waals surface area contributed by atoms with Crippen LogP contribution in [-0.4, -0.2) is 35.0 Å². The molecule has 5 aromatic rings. The van der Waals surface area contributed by atoms with Crippen LogP contribution in [0.1, 0.15) is 0 Å². The Hall–Kier alpha value is -3.39. The lowest BCUT2D eigenvalue weighted by Crippen LogP contribution is -1.92. The maximum atomic E-state index is 4.63. The number of aromatic nitrogens is 7. The predicted octanol–water partition coefficient (Wildman–Crippen LogP) is 3.30. The SMILES string of the molecule is c1ccc(-c2cc(-c3nn4c(-c5ccccn5)nnc4s3)[nH]n2)cc1. The minimum atomic E-state index is 0.626. The van der Waals surface area contributed by atoms with Crippen LogP contribution in [-0.2, 0) is 0 Å². The van der Waals surface area contributed by atoms with Crippen LogP contribution >= 0.6 is 11.3 Å². The van der Waals surface area contributed by atoms with Crippen molar-refractivity contribution in [1.82, 2.24) is 35.0 Å². The van der Waals surface area contributed by atoms with Crippen LogP contribution in [0, 0.1) is 0 Å². The molecule has 0 spiro atoms. The summed E-state index contributed by atoms with van der Waals surface area (Å²) < 4.78 is 1.71. The molecule has 1 N–H and O–H groups in total. The van der Waals surface area contributed by atoms with Gasteiger partial charge >= 0.3 is 0 Å². The molecule has 0 aliphatic rings. The number of hydrogen-bond acceptors (Lipinski definition) is 6. The first-order valence-corrected chi connectivity index (χ1v) is 8.45. The van der Waals surface area contributed by atoms with E-state index in [-0.39, 0.29) is 0 Å². The third-order valence-electron chi connectivity index (χ3n) is 3.76. The lowest BCUT2D eigenvalue weighted by Gasteiger charge is -1.94. The number of nitrogens with zero attached hydrogens (tertiary/aromatic N) is 6. The van der Waals surface area contributed by atoms with Gasteiger partial charge in [0, 0.05) is 11.8 Å². The normalized spacial score (nSPS) is 11.2. The van der Waals surface area contributed by atoms with Crippen LogP contribution in [0.15, 0.2) is 60.8 Å². The number of pyridine rings is 1. The zero-order valence-electron chi connectivity index (χ0n) is 12.9. The lowest BCUT2D eigenvalue weighted by molar-refractivity contribution is 0.956. The summed E-state index contributed by atoms with van der Waals surface area (Å²) in [6.45, 7) is 0. The van der Waals surface area contributed by atoms with E-state index in [4.69, 9.17) is 0 Å². The number of fused-ring (bicyclic) bond motifs is 1. The van der Waals surface area contributed by atoms with Crippen LogP contribution in [0.3, 0.4) is 0 Å². The number of nitrogens with one attached hydrogen (secondary N) is 1. The molecule has 7 nitrogen and oxygen atoms in total. The topological polar surface area (TPSA) is 84.6 Å². The molecule has 1 aromatic carbocycles. The quantitative estimate of drug-likeness (QED) is 0.542. The van der Waals surface area contributed by atoms with Crippen LogP contribution in [0.4, 0.5) is 0 Å². The Morgan fingerprint density at radius 1 is 0.920 bits per heavy atom. The van der Waals surface area contributed by atoms with Gasteiger partial charge in [-0.25, -0.2) is 0 Å². The smallest absolute Gasteiger partial charge is 0.235 e. The molecule has 0 amide bonds. The molecular weight excluding hydrogens is 334 g/mol. The van der Waals surface area contributed by atoms with E-state index < -0.39 is 0 Å². The van der Waals surface area contributed by atoms with Crippen LogP contribution < -0.4 is 0 Å². The predicted molar refractivity (Wildman–Crippen MR) is 94.9 cm³/mol. The second-order valence-electron chi connectivity index (χ2n) is 5.37. The van der Waals surface area contributed by atoms with Crippen molar-refractivity contribution in [3.63, 3.8) is 0 Å². The van der Waals surface area contributed by atoms with Gasteiger partial charge in [0.1, 0.15) is 5.69 Å². The summed E-state index contributed by atoms with van der Waals surface area (Å²) in [4.78, 5) is 5.03. The van der Waals surface area contributed by atoms with E-state index in [1.54, 1.807) is 10.7 Å². The summed E-state index contributed by atoms with van der Waals surface area (Å²) in [5.41, 5.74) is 3.52. The molecular formula is C17H11N7S. The largest absolute Gasteiger partial charge is 0.275 e. The molecule has 25 heavy (non-hydrogen) atoms. The molecule has 0 aliphatic carbocycles. The number of hydrogen-bond donors (Lipinski definition) is 1. The number of rotatable bonds is 3. The molecule has 0 atom stereocenters. The van der Waals surface area contributed by atoms with Crippen molar-refractivity contribution in [3.05, 3.63) is 60.8 Å². The van der Waals surface area contributed by atoms with E-state index in [2.05, 4.69) is 30.5 Å². The fourth-order valence-corrected chi connectivity index (χ4v) is 3.37. The number of aromatic amines is 1. The van der Waals surface area contributed by atoms with E-state index in [0.717, 1.165) is 27.7 Å². The molecule has 0 unspecified atom stereocenters. The van der Waals surface area contributed by atoms with Crippen molar-refractivity contribution >= 4 is 16.3 Å². The van der Waals surface area contributed by atoms with E-state index in [1.807, 2.05) is 54.6 Å². The van der Waals surface area contributed by atoms with Gasteiger partial charge in [0.05, 0.1) is 11.4 Å². The summed E-state index contributed by atoms with van der Waals surface area (Å²) in [6.07, 6.45) is 1.73. The standard InChI is InChI=1S/C17H11N7S/c1-2-6-11(7-3-1)13-10-14(20-19-13)16-23-24-15(21-22-17(24)25-16)12-8-4-5-9-18-12/h1-10H,(H,19,20). The molecule has 0 bridgehead atoms. The van der Waals surface area contributed by atoms with E-state index in [0.29, 0.717) is 10.8 Å². The van der Waals surface area contributed by atoms with Gasteiger partial charge in [-0.3, -0.25) is 10.1 Å². The molecule has 8 heteroatoms. The van der Waals surface area contributed by atoms with E-state index >= 15 is 0 Å². The number of H-pyrrole nitrogens is 1. The minimum Gasteiger partial charge on any atom is -0.275 e. The average molecular weight is 345 g/mol. The van der Waals surface area contributed by atoms with Gasteiger partial charge in [-0.1, -0.05) is 47.7 Å². The zero-order valence-corrected chi connectivity index (χ0v) is 13.7. The van der Waals surface area contributed by atoms with Gasteiger partial charge < -0.3 is 0 Å². The Morgan fingerprint density at radius 2 is 1.80 bits per heavy atom. The molecule has 0 saturated heterocycles. The third kappa shape index (κ3) is 2.39. The van der Waals surface area contributed by atoms with Crippen molar-refractivity contribution in [2.75, 3.05) is 0 Å². The maximum absolute atomic E-state index is 4.63. The Bertz CT molecular complexity index is 1140. The minimum absolute atomic E-state index is 0.626. The van der Waals surface area contributed by atoms with Crippen molar-refractivity contribution in [2.24, 2.45) is 0 Å². The summed E-state index contributed by atoms with van der Waals surface area (Å²) in [5, 5.41) is 21.2. The number of benzene rings is 1. The Morgan fingerprint density at radius 3 is 2.64 bits per heavy atom.